The minimum atomic E-state index is -5.04. The first kappa shape index (κ1) is 24.4. The summed E-state index contributed by atoms with van der Waals surface area (Å²) in [5.41, 5.74) is 0.607. The molecule has 1 amide bonds. The first-order valence-corrected chi connectivity index (χ1v) is 9.37. The number of aliphatic hydroxyl groups excluding tert-OH is 1. The van der Waals surface area contributed by atoms with Crippen LogP contribution in [0.25, 0.3) is 0 Å². The van der Waals surface area contributed by atoms with Crippen molar-refractivity contribution >= 4 is 23.5 Å². The lowest BCUT2D eigenvalue weighted by atomic mass is 10.00. The molecule has 4 N–H and O–H groups in total. The molecule has 0 aromatic heterocycles. The van der Waals surface area contributed by atoms with Gasteiger partial charge in [0.2, 0.25) is 0 Å². The molecule has 2 rings (SSSR count). The molecule has 2 aromatic carbocycles. The average molecular weight is 461 g/mol. The molecule has 0 aliphatic rings. The summed E-state index contributed by atoms with van der Waals surface area (Å²) in [5.74, 6) is -3.38. The maximum absolute atomic E-state index is 12.5. The molecule has 0 saturated carbocycles. The monoisotopic (exact) mass is 460 g/mol. The number of carboxylic acid groups (broad SMARTS) is 1. The molecule has 0 aliphatic carbocycles. The van der Waals surface area contributed by atoms with Crippen molar-refractivity contribution in [1.82, 2.24) is 10.6 Å². The fourth-order valence-corrected chi connectivity index (χ4v) is 3.00. The maximum Gasteiger partial charge on any atom is 0.573 e. The van der Waals surface area contributed by atoms with Gasteiger partial charge in [-0.15, -0.1) is 13.2 Å². The SMILES string of the molecule is CN[C@H](Cc1ccccc1)[C@H](O)C(=O)N[C@H](C(=O)O)c1ccc(Cl)c(OC(F)(F)F)c1. The number of likely N-dealkylation sites (N-methyl/N-ethyl adjacent to an activating group) is 1. The summed E-state index contributed by atoms with van der Waals surface area (Å²) in [6.07, 6.45) is -6.41. The lowest BCUT2D eigenvalue weighted by Gasteiger charge is -2.24. The lowest BCUT2D eigenvalue weighted by Crippen LogP contribution is -2.50. The predicted molar refractivity (Wildman–Crippen MR) is 106 cm³/mol. The van der Waals surface area contributed by atoms with Crippen molar-refractivity contribution in [3.05, 3.63) is 64.7 Å². The maximum atomic E-state index is 12.5. The molecule has 31 heavy (non-hydrogen) atoms. The van der Waals surface area contributed by atoms with E-state index in [1.165, 1.54) is 7.05 Å². The number of nitrogens with one attached hydrogen (secondary N) is 2. The second kappa shape index (κ2) is 10.5. The van der Waals surface area contributed by atoms with Crippen LogP contribution in [0.2, 0.25) is 5.02 Å². The number of carbonyl (C=O) groups excluding carboxylic acids is 1. The quantitative estimate of drug-likeness (QED) is 0.458. The number of hydrogen-bond donors (Lipinski definition) is 4. The number of carboxylic acids is 1. The van der Waals surface area contributed by atoms with E-state index < -0.39 is 47.2 Å². The van der Waals surface area contributed by atoms with Crippen molar-refractivity contribution in [2.45, 2.75) is 31.0 Å². The minimum Gasteiger partial charge on any atom is -0.479 e. The lowest BCUT2D eigenvalue weighted by molar-refractivity contribution is -0.274. The standard InChI is InChI=1S/C20H20ClF3N2O5/c1-25-14(9-11-5-3-2-4-6-11)17(27)18(28)26-16(19(29)30)12-7-8-13(21)15(10-12)31-20(22,23)24/h2-8,10,14,16-17,25,27H,9H2,1H3,(H,26,28)(H,29,30)/t14-,16+,17+/m1/s1. The number of benzene rings is 2. The van der Waals surface area contributed by atoms with Gasteiger partial charge in [0.1, 0.15) is 11.9 Å². The van der Waals surface area contributed by atoms with E-state index in [4.69, 9.17) is 11.6 Å². The highest BCUT2D eigenvalue weighted by Gasteiger charge is 2.34. The van der Waals surface area contributed by atoms with Crippen LogP contribution < -0.4 is 15.4 Å². The van der Waals surface area contributed by atoms with Gasteiger partial charge < -0.3 is 25.6 Å². The topological polar surface area (TPSA) is 108 Å². The molecule has 0 radical (unpaired) electrons. The van der Waals surface area contributed by atoms with Crippen molar-refractivity contribution < 1.29 is 37.7 Å². The number of amides is 1. The zero-order valence-corrected chi connectivity index (χ0v) is 16.9. The van der Waals surface area contributed by atoms with E-state index in [-0.39, 0.29) is 12.0 Å². The van der Waals surface area contributed by atoms with Crippen molar-refractivity contribution in [1.29, 1.82) is 0 Å². The smallest absolute Gasteiger partial charge is 0.479 e. The van der Waals surface area contributed by atoms with E-state index in [1.54, 1.807) is 30.3 Å². The number of ether oxygens (including phenoxy) is 1. The highest BCUT2D eigenvalue weighted by molar-refractivity contribution is 6.32. The zero-order chi connectivity index (χ0) is 23.2. The van der Waals surface area contributed by atoms with Gasteiger partial charge in [0.25, 0.3) is 5.91 Å². The van der Waals surface area contributed by atoms with Crippen LogP contribution >= 0.6 is 11.6 Å². The summed E-state index contributed by atoms with van der Waals surface area (Å²) >= 11 is 5.67. The van der Waals surface area contributed by atoms with Crippen LogP contribution in [0.15, 0.2) is 48.5 Å². The molecule has 0 bridgehead atoms. The Labute approximate surface area is 180 Å². The average Bonchev–Trinajstić information content (AvgIpc) is 2.70. The number of aliphatic carboxylic acids is 1. The Balaban J connectivity index is 2.19. The van der Waals surface area contributed by atoms with Gasteiger partial charge in [-0.05, 0) is 36.7 Å². The van der Waals surface area contributed by atoms with Crippen molar-refractivity contribution in [2.75, 3.05) is 7.05 Å². The fraction of sp³-hybridized carbons (Fsp3) is 0.300. The van der Waals surface area contributed by atoms with Crippen LogP contribution in [-0.2, 0) is 16.0 Å². The number of rotatable bonds is 9. The number of hydrogen-bond acceptors (Lipinski definition) is 5. The first-order valence-electron chi connectivity index (χ1n) is 8.99. The van der Waals surface area contributed by atoms with Crippen LogP contribution in [0, 0.1) is 0 Å². The Bertz CT molecular complexity index is 911. The van der Waals surface area contributed by atoms with Gasteiger partial charge in [0.05, 0.1) is 5.02 Å². The van der Waals surface area contributed by atoms with Crippen LogP contribution in [0.1, 0.15) is 17.2 Å². The predicted octanol–water partition coefficient (Wildman–Crippen LogP) is 2.67. The Morgan fingerprint density at radius 2 is 1.81 bits per heavy atom. The molecule has 0 aliphatic heterocycles. The molecule has 0 fully saturated rings. The van der Waals surface area contributed by atoms with Gasteiger partial charge in [-0.2, -0.15) is 0 Å². The highest BCUT2D eigenvalue weighted by Crippen LogP contribution is 2.32. The molecule has 0 unspecified atom stereocenters. The highest BCUT2D eigenvalue weighted by atomic mass is 35.5. The van der Waals surface area contributed by atoms with E-state index >= 15 is 0 Å². The summed E-state index contributed by atoms with van der Waals surface area (Å²) in [6.45, 7) is 0. The summed E-state index contributed by atoms with van der Waals surface area (Å²) in [5, 5.41) is 24.4. The molecule has 0 saturated heterocycles. The van der Waals surface area contributed by atoms with Gasteiger partial charge in [-0.25, -0.2) is 4.79 Å². The first-order chi connectivity index (χ1) is 14.5. The normalized spacial score (nSPS) is 14.4. The van der Waals surface area contributed by atoms with Crippen molar-refractivity contribution in [3.63, 3.8) is 0 Å². The van der Waals surface area contributed by atoms with E-state index in [0.29, 0.717) is 0 Å². The summed E-state index contributed by atoms with van der Waals surface area (Å²) < 4.78 is 41.4. The largest absolute Gasteiger partial charge is 0.573 e. The molecular formula is C20H20ClF3N2O5. The molecule has 11 heteroatoms. The minimum absolute atomic E-state index is 0.222. The number of carbonyl (C=O) groups is 2. The van der Waals surface area contributed by atoms with Gasteiger partial charge in [0.15, 0.2) is 6.04 Å². The second-order valence-electron chi connectivity index (χ2n) is 6.55. The second-order valence-corrected chi connectivity index (χ2v) is 6.95. The number of halogens is 4. The molecule has 2 aromatic rings. The third-order valence-electron chi connectivity index (χ3n) is 4.37. The van der Waals surface area contributed by atoms with Crippen LogP contribution in [0.5, 0.6) is 5.75 Å². The summed E-state index contributed by atoms with van der Waals surface area (Å²) in [6, 6.07) is 9.40. The molecule has 7 nitrogen and oxygen atoms in total. The van der Waals surface area contributed by atoms with E-state index in [9.17, 15) is 33.0 Å². The molecule has 0 heterocycles. The summed E-state index contributed by atoms with van der Waals surface area (Å²) in [4.78, 5) is 24.2. The molecular weight excluding hydrogens is 441 g/mol. The van der Waals surface area contributed by atoms with Gasteiger partial charge in [-0.1, -0.05) is 48.0 Å². The molecule has 3 atom stereocenters. The van der Waals surface area contributed by atoms with Gasteiger partial charge in [-0.3, -0.25) is 4.79 Å². The number of aliphatic hydroxyl groups is 1. The van der Waals surface area contributed by atoms with E-state index in [1.807, 2.05) is 0 Å². The molecule has 0 spiro atoms. The van der Waals surface area contributed by atoms with Gasteiger partial charge in [0, 0.05) is 6.04 Å². The van der Waals surface area contributed by atoms with Crippen molar-refractivity contribution in [3.8, 4) is 5.75 Å². The van der Waals surface area contributed by atoms with Gasteiger partial charge >= 0.3 is 12.3 Å². The third-order valence-corrected chi connectivity index (χ3v) is 4.68. The summed E-state index contributed by atoms with van der Waals surface area (Å²) in [7, 11) is 1.53. The van der Waals surface area contributed by atoms with E-state index in [2.05, 4.69) is 15.4 Å². The zero-order valence-electron chi connectivity index (χ0n) is 16.2. The van der Waals surface area contributed by atoms with Crippen molar-refractivity contribution in [2.24, 2.45) is 0 Å². The van der Waals surface area contributed by atoms with Crippen LogP contribution in [-0.4, -0.2) is 47.6 Å². The Morgan fingerprint density at radius 1 is 1.16 bits per heavy atom. The Kier molecular flexibility index (Phi) is 8.26. The van der Waals surface area contributed by atoms with E-state index in [0.717, 1.165) is 23.8 Å². The number of alkyl halides is 3. The Morgan fingerprint density at radius 3 is 2.35 bits per heavy atom. The third kappa shape index (κ3) is 7.12. The van der Waals surface area contributed by atoms with Crippen LogP contribution in [0.4, 0.5) is 13.2 Å². The Hall–Kier alpha value is -2.82. The fourth-order valence-electron chi connectivity index (χ4n) is 2.84. The molecule has 168 valence electrons. The van der Waals surface area contributed by atoms with Crippen LogP contribution in [0.3, 0.4) is 0 Å².